The lowest BCUT2D eigenvalue weighted by Crippen LogP contribution is -2.47. The van der Waals surface area contributed by atoms with Crippen LogP contribution in [0.1, 0.15) is 32.1 Å². The number of ether oxygens (including phenoxy) is 1. The van der Waals surface area contributed by atoms with E-state index in [1.54, 1.807) is 18.5 Å². The van der Waals surface area contributed by atoms with Crippen molar-refractivity contribution in [3.05, 3.63) is 23.5 Å². The van der Waals surface area contributed by atoms with Crippen LogP contribution in [0.5, 0.6) is 5.88 Å². The van der Waals surface area contributed by atoms with Gasteiger partial charge < -0.3 is 21.1 Å². The number of nitrogen functional groups attached to an aromatic ring is 1. The molecular formula is C19H25ClN6OS. The van der Waals surface area contributed by atoms with E-state index in [2.05, 4.69) is 19.9 Å². The van der Waals surface area contributed by atoms with Crippen molar-refractivity contribution >= 4 is 35.0 Å². The Morgan fingerprint density at radius 2 is 2.07 bits per heavy atom. The number of piperidine rings is 1. The Balaban J connectivity index is 1.47. The average Bonchev–Trinajstić information content (AvgIpc) is 3.05. The van der Waals surface area contributed by atoms with Crippen molar-refractivity contribution in [3.63, 3.8) is 0 Å². The number of rotatable bonds is 4. The van der Waals surface area contributed by atoms with Gasteiger partial charge in [0, 0.05) is 30.2 Å². The first-order valence-corrected chi connectivity index (χ1v) is 10.7. The van der Waals surface area contributed by atoms with Crippen LogP contribution in [-0.2, 0) is 0 Å². The molecule has 2 aromatic heterocycles. The summed E-state index contributed by atoms with van der Waals surface area (Å²) in [5.41, 5.74) is 12.9. The molecule has 1 spiro atoms. The molecular weight excluding hydrogens is 396 g/mol. The molecule has 1 aliphatic heterocycles. The first-order valence-electron chi connectivity index (χ1n) is 9.52. The molecule has 150 valence electrons. The number of nitrogens with zero attached hydrogens (tertiary/aromatic N) is 4. The molecule has 2 aromatic rings. The summed E-state index contributed by atoms with van der Waals surface area (Å²) in [6.45, 7) is 1.89. The second-order valence-electron chi connectivity index (χ2n) is 7.50. The summed E-state index contributed by atoms with van der Waals surface area (Å²) in [6, 6.07) is 2.14. The normalized spacial score (nSPS) is 21.2. The quantitative estimate of drug-likeness (QED) is 0.775. The maximum Gasteiger partial charge on any atom is 0.233 e. The van der Waals surface area contributed by atoms with E-state index < -0.39 is 0 Å². The van der Waals surface area contributed by atoms with Gasteiger partial charge >= 0.3 is 0 Å². The molecule has 2 fully saturated rings. The standard InChI is InChI=1S/C19H25ClN6OS/c1-27-17-15(20)12(4-8-23-17)28-18-16(22)25-14(11-24-18)26-9-6-19(7-10-26)5-2-3-13(19)21/h4,8,11,13H,2-3,5-7,9-10,21H2,1H3,(H2,22,25). The molecule has 4 rings (SSSR count). The minimum atomic E-state index is 0.322. The lowest BCUT2D eigenvalue weighted by Gasteiger charge is -2.42. The van der Waals surface area contributed by atoms with Gasteiger partial charge in [0.25, 0.3) is 0 Å². The van der Waals surface area contributed by atoms with Crippen molar-refractivity contribution in [1.82, 2.24) is 15.0 Å². The monoisotopic (exact) mass is 420 g/mol. The third-order valence-electron chi connectivity index (χ3n) is 6.03. The Morgan fingerprint density at radius 3 is 2.71 bits per heavy atom. The molecule has 1 unspecified atom stereocenters. The van der Waals surface area contributed by atoms with Crippen LogP contribution in [0.25, 0.3) is 0 Å². The maximum absolute atomic E-state index is 6.39. The minimum absolute atomic E-state index is 0.322. The van der Waals surface area contributed by atoms with Crippen molar-refractivity contribution in [1.29, 1.82) is 0 Å². The van der Waals surface area contributed by atoms with E-state index >= 15 is 0 Å². The fraction of sp³-hybridized carbons (Fsp3) is 0.526. The van der Waals surface area contributed by atoms with E-state index in [-0.39, 0.29) is 0 Å². The summed E-state index contributed by atoms with van der Waals surface area (Å²) < 4.78 is 5.16. The van der Waals surface area contributed by atoms with Gasteiger partial charge in [0.2, 0.25) is 5.88 Å². The van der Waals surface area contributed by atoms with E-state index in [1.165, 1.54) is 31.7 Å². The summed E-state index contributed by atoms with van der Waals surface area (Å²) in [4.78, 5) is 16.3. The van der Waals surface area contributed by atoms with Crippen LogP contribution in [0.15, 0.2) is 28.4 Å². The van der Waals surface area contributed by atoms with Crippen LogP contribution in [0.4, 0.5) is 11.6 Å². The lowest BCUT2D eigenvalue weighted by molar-refractivity contribution is 0.197. The van der Waals surface area contributed by atoms with Gasteiger partial charge in [-0.25, -0.2) is 15.0 Å². The Hall–Kier alpha value is -1.77. The van der Waals surface area contributed by atoms with Crippen LogP contribution in [0.2, 0.25) is 5.02 Å². The molecule has 3 heterocycles. The SMILES string of the molecule is COc1nccc(Sc2ncc(N3CCC4(CCCC4N)CC3)nc2N)c1Cl. The minimum Gasteiger partial charge on any atom is -0.480 e. The third-order valence-corrected chi connectivity index (χ3v) is 7.58. The number of pyridine rings is 1. The summed E-state index contributed by atoms with van der Waals surface area (Å²) in [5.74, 6) is 1.59. The summed E-state index contributed by atoms with van der Waals surface area (Å²) in [5, 5.41) is 1.06. The first-order chi connectivity index (χ1) is 13.5. The molecule has 2 aliphatic rings. The van der Waals surface area contributed by atoms with Crippen molar-refractivity contribution in [2.24, 2.45) is 11.1 Å². The Kier molecular flexibility index (Phi) is 5.53. The molecule has 0 bridgehead atoms. The van der Waals surface area contributed by atoms with Crippen molar-refractivity contribution in [2.75, 3.05) is 30.8 Å². The number of anilines is 2. The topological polar surface area (TPSA) is 103 Å². The first kappa shape index (κ1) is 19.5. The predicted molar refractivity (Wildman–Crippen MR) is 112 cm³/mol. The van der Waals surface area contributed by atoms with E-state index in [0.717, 1.165) is 43.1 Å². The number of halogens is 1. The summed E-state index contributed by atoms with van der Waals surface area (Å²) in [6.07, 6.45) is 9.31. The van der Waals surface area contributed by atoms with Crippen LogP contribution in [0.3, 0.4) is 0 Å². The van der Waals surface area contributed by atoms with Gasteiger partial charge in [0.15, 0.2) is 5.82 Å². The lowest BCUT2D eigenvalue weighted by atomic mass is 9.74. The number of aromatic nitrogens is 3. The highest BCUT2D eigenvalue weighted by atomic mass is 35.5. The van der Waals surface area contributed by atoms with E-state index in [4.69, 9.17) is 27.8 Å². The van der Waals surface area contributed by atoms with Gasteiger partial charge in [0.1, 0.15) is 15.9 Å². The average molecular weight is 421 g/mol. The molecule has 4 N–H and O–H groups in total. The van der Waals surface area contributed by atoms with Gasteiger partial charge in [0.05, 0.1) is 13.3 Å². The van der Waals surface area contributed by atoms with Crippen molar-refractivity contribution < 1.29 is 4.74 Å². The van der Waals surface area contributed by atoms with E-state index in [1.807, 2.05) is 0 Å². The van der Waals surface area contributed by atoms with E-state index in [9.17, 15) is 0 Å². The zero-order chi connectivity index (χ0) is 19.7. The van der Waals surface area contributed by atoms with Crippen LogP contribution < -0.4 is 21.1 Å². The molecule has 7 nitrogen and oxygen atoms in total. The predicted octanol–water partition coefficient (Wildman–Crippen LogP) is 3.36. The third kappa shape index (κ3) is 3.60. The van der Waals surface area contributed by atoms with Gasteiger partial charge in [-0.2, -0.15) is 0 Å². The Morgan fingerprint density at radius 1 is 1.29 bits per heavy atom. The van der Waals surface area contributed by atoms with Crippen LogP contribution in [-0.4, -0.2) is 41.2 Å². The molecule has 0 radical (unpaired) electrons. The maximum atomic E-state index is 6.39. The Labute approximate surface area is 174 Å². The molecule has 1 atom stereocenters. The number of methoxy groups -OCH3 is 1. The molecule has 1 saturated heterocycles. The molecule has 0 aromatic carbocycles. The Bertz CT molecular complexity index is 858. The van der Waals surface area contributed by atoms with Gasteiger partial charge in [-0.15, -0.1) is 0 Å². The fourth-order valence-corrected chi connectivity index (χ4v) is 5.39. The highest BCUT2D eigenvalue weighted by Crippen LogP contribution is 2.46. The molecule has 9 heteroatoms. The number of hydrogen-bond donors (Lipinski definition) is 2. The molecule has 1 aliphatic carbocycles. The summed E-state index contributed by atoms with van der Waals surface area (Å²) in [7, 11) is 1.53. The molecule has 1 saturated carbocycles. The summed E-state index contributed by atoms with van der Waals surface area (Å²) >= 11 is 7.68. The zero-order valence-corrected chi connectivity index (χ0v) is 17.5. The highest BCUT2D eigenvalue weighted by molar-refractivity contribution is 7.99. The second kappa shape index (κ2) is 7.93. The largest absolute Gasteiger partial charge is 0.480 e. The van der Waals surface area contributed by atoms with Crippen molar-refractivity contribution in [3.8, 4) is 5.88 Å². The molecule has 28 heavy (non-hydrogen) atoms. The van der Waals surface area contributed by atoms with Crippen molar-refractivity contribution in [2.45, 2.75) is 48.1 Å². The number of hydrogen-bond acceptors (Lipinski definition) is 8. The van der Waals surface area contributed by atoms with E-state index in [0.29, 0.717) is 33.2 Å². The van der Waals surface area contributed by atoms with Gasteiger partial charge in [-0.1, -0.05) is 29.8 Å². The molecule has 0 amide bonds. The smallest absolute Gasteiger partial charge is 0.233 e. The fourth-order valence-electron chi connectivity index (χ4n) is 4.31. The zero-order valence-electron chi connectivity index (χ0n) is 15.9. The van der Waals surface area contributed by atoms with Gasteiger partial charge in [-0.05, 0) is 37.2 Å². The van der Waals surface area contributed by atoms with Gasteiger partial charge in [-0.3, -0.25) is 0 Å². The second-order valence-corrected chi connectivity index (χ2v) is 8.91. The number of nitrogens with two attached hydrogens (primary N) is 2. The highest BCUT2D eigenvalue weighted by Gasteiger charge is 2.43. The van der Waals surface area contributed by atoms with Crippen LogP contribution in [0, 0.1) is 5.41 Å². The van der Waals surface area contributed by atoms with Crippen LogP contribution >= 0.6 is 23.4 Å².